The molecule has 0 atom stereocenters. The molecule has 1 aromatic carbocycles. The van der Waals surface area contributed by atoms with Crippen LogP contribution in [0, 0.1) is 6.92 Å². The first-order valence-corrected chi connectivity index (χ1v) is 7.77. The predicted octanol–water partition coefficient (Wildman–Crippen LogP) is 3.16. The van der Waals surface area contributed by atoms with Crippen molar-refractivity contribution in [3.05, 3.63) is 83.6 Å². The van der Waals surface area contributed by atoms with Crippen LogP contribution < -0.4 is 5.32 Å². The molecule has 5 heteroatoms. The first-order chi connectivity index (χ1) is 11.7. The Labute approximate surface area is 140 Å². The summed E-state index contributed by atoms with van der Waals surface area (Å²) in [5.41, 5.74) is 2.20. The number of nitrogens with one attached hydrogen (secondary N) is 1. The number of nitrogens with zero attached hydrogens (tertiary/aromatic N) is 2. The fourth-order valence-electron chi connectivity index (χ4n) is 2.39. The largest absolute Gasteiger partial charge is 0.462 e. The van der Waals surface area contributed by atoms with Crippen molar-refractivity contribution >= 4 is 12.0 Å². The van der Waals surface area contributed by atoms with Crippen LogP contribution in [0.4, 0.5) is 0 Å². The average molecular weight is 321 g/mol. The minimum absolute atomic E-state index is 0.155. The third-order valence-corrected chi connectivity index (χ3v) is 3.62. The first kappa shape index (κ1) is 15.8. The standard InChI is InChI=1S/C19H19N3O2/c1-15-7-8-18(24-15)9-10-19(23)20-13-16-5-2-3-6-17(16)14-22-12-4-11-21-22/h2-12H,13-14H2,1H3,(H,20,23)/b10-9+. The van der Waals surface area contributed by atoms with Gasteiger partial charge in [-0.25, -0.2) is 0 Å². The maximum Gasteiger partial charge on any atom is 0.244 e. The SMILES string of the molecule is Cc1ccc(/C=C/C(=O)NCc2ccccc2Cn2cccn2)o1. The van der Waals surface area contributed by atoms with Crippen molar-refractivity contribution in [1.82, 2.24) is 15.1 Å². The molecule has 0 saturated carbocycles. The Balaban J connectivity index is 1.60. The predicted molar refractivity (Wildman–Crippen MR) is 92.1 cm³/mol. The third-order valence-electron chi connectivity index (χ3n) is 3.62. The smallest absolute Gasteiger partial charge is 0.244 e. The van der Waals surface area contributed by atoms with E-state index in [-0.39, 0.29) is 5.91 Å². The Morgan fingerprint density at radius 2 is 2.04 bits per heavy atom. The second-order valence-corrected chi connectivity index (χ2v) is 5.47. The lowest BCUT2D eigenvalue weighted by Crippen LogP contribution is -2.21. The molecule has 0 saturated heterocycles. The molecule has 2 aromatic heterocycles. The van der Waals surface area contributed by atoms with E-state index in [1.807, 2.05) is 60.3 Å². The number of benzene rings is 1. The Morgan fingerprint density at radius 3 is 2.75 bits per heavy atom. The van der Waals surface area contributed by atoms with Crippen LogP contribution in [0.5, 0.6) is 0 Å². The maximum absolute atomic E-state index is 12.0. The van der Waals surface area contributed by atoms with Gasteiger partial charge in [-0.3, -0.25) is 9.48 Å². The van der Waals surface area contributed by atoms with Gasteiger partial charge in [0.25, 0.3) is 0 Å². The highest BCUT2D eigenvalue weighted by Crippen LogP contribution is 2.11. The molecule has 3 rings (SSSR count). The molecule has 0 fully saturated rings. The highest BCUT2D eigenvalue weighted by molar-refractivity contribution is 5.91. The van der Waals surface area contributed by atoms with E-state index >= 15 is 0 Å². The van der Waals surface area contributed by atoms with Crippen LogP contribution in [0.25, 0.3) is 6.08 Å². The van der Waals surface area contributed by atoms with Gasteiger partial charge in [-0.1, -0.05) is 24.3 Å². The van der Waals surface area contributed by atoms with Crippen LogP contribution in [-0.2, 0) is 17.9 Å². The number of carbonyl (C=O) groups excluding carboxylic acids is 1. The summed E-state index contributed by atoms with van der Waals surface area (Å²) in [5, 5.41) is 7.12. The van der Waals surface area contributed by atoms with Crippen LogP contribution in [0.15, 0.2) is 65.4 Å². The zero-order chi connectivity index (χ0) is 16.8. The zero-order valence-electron chi connectivity index (χ0n) is 13.5. The first-order valence-electron chi connectivity index (χ1n) is 7.77. The van der Waals surface area contributed by atoms with Crippen LogP contribution in [0.2, 0.25) is 0 Å². The van der Waals surface area contributed by atoms with Gasteiger partial charge in [0.15, 0.2) is 0 Å². The molecular weight excluding hydrogens is 302 g/mol. The number of rotatable bonds is 6. The second kappa shape index (κ2) is 7.46. The molecule has 24 heavy (non-hydrogen) atoms. The highest BCUT2D eigenvalue weighted by Gasteiger charge is 2.04. The van der Waals surface area contributed by atoms with Gasteiger partial charge in [-0.2, -0.15) is 5.10 Å². The fourth-order valence-corrected chi connectivity index (χ4v) is 2.39. The van der Waals surface area contributed by atoms with Crippen LogP contribution >= 0.6 is 0 Å². The number of aryl methyl sites for hydroxylation is 1. The quantitative estimate of drug-likeness (QED) is 0.709. The summed E-state index contributed by atoms with van der Waals surface area (Å²) in [6, 6.07) is 13.6. The minimum Gasteiger partial charge on any atom is -0.462 e. The third kappa shape index (κ3) is 4.23. The van der Waals surface area contributed by atoms with E-state index in [2.05, 4.69) is 10.4 Å². The van der Waals surface area contributed by atoms with Gasteiger partial charge in [0.05, 0.1) is 6.54 Å². The van der Waals surface area contributed by atoms with Crippen molar-refractivity contribution < 1.29 is 9.21 Å². The van der Waals surface area contributed by atoms with Gasteiger partial charge in [-0.05, 0) is 42.3 Å². The van der Waals surface area contributed by atoms with Crippen molar-refractivity contribution in [3.63, 3.8) is 0 Å². The van der Waals surface area contributed by atoms with E-state index in [0.717, 1.165) is 16.9 Å². The molecule has 5 nitrogen and oxygen atoms in total. The van der Waals surface area contributed by atoms with Crippen molar-refractivity contribution in [1.29, 1.82) is 0 Å². The van der Waals surface area contributed by atoms with E-state index in [9.17, 15) is 4.79 Å². The topological polar surface area (TPSA) is 60.1 Å². The summed E-state index contributed by atoms with van der Waals surface area (Å²) in [6.07, 6.45) is 6.82. The van der Waals surface area contributed by atoms with Gasteiger partial charge in [0.2, 0.25) is 5.91 Å². The van der Waals surface area contributed by atoms with Crippen molar-refractivity contribution in [2.75, 3.05) is 0 Å². The number of aromatic nitrogens is 2. The molecule has 122 valence electrons. The molecule has 2 heterocycles. The van der Waals surface area contributed by atoms with E-state index < -0.39 is 0 Å². The van der Waals surface area contributed by atoms with Crippen LogP contribution in [-0.4, -0.2) is 15.7 Å². The summed E-state index contributed by atoms with van der Waals surface area (Å²) in [4.78, 5) is 12.0. The lowest BCUT2D eigenvalue weighted by molar-refractivity contribution is -0.116. The van der Waals surface area contributed by atoms with Crippen molar-refractivity contribution in [3.8, 4) is 0 Å². The second-order valence-electron chi connectivity index (χ2n) is 5.47. The molecule has 0 aliphatic heterocycles. The molecule has 0 spiro atoms. The van der Waals surface area contributed by atoms with Crippen LogP contribution in [0.3, 0.4) is 0 Å². The van der Waals surface area contributed by atoms with E-state index in [1.165, 1.54) is 6.08 Å². The summed E-state index contributed by atoms with van der Waals surface area (Å²) >= 11 is 0. The molecule has 0 aliphatic carbocycles. The molecular formula is C19H19N3O2. The minimum atomic E-state index is -0.155. The summed E-state index contributed by atoms with van der Waals surface area (Å²) < 4.78 is 7.26. The normalized spacial score (nSPS) is 11.0. The maximum atomic E-state index is 12.0. The molecule has 0 aliphatic rings. The van der Waals surface area contributed by atoms with Crippen LogP contribution in [0.1, 0.15) is 22.6 Å². The molecule has 1 amide bonds. The lowest BCUT2D eigenvalue weighted by Gasteiger charge is -2.10. The Morgan fingerprint density at radius 1 is 1.21 bits per heavy atom. The summed E-state index contributed by atoms with van der Waals surface area (Å²) in [7, 11) is 0. The Kier molecular flexibility index (Phi) is 4.91. The molecule has 0 bridgehead atoms. The van der Waals surface area contributed by atoms with Gasteiger partial charge >= 0.3 is 0 Å². The molecule has 1 N–H and O–H groups in total. The summed E-state index contributed by atoms with van der Waals surface area (Å²) in [6.45, 7) is 3.02. The van der Waals surface area contributed by atoms with Gasteiger partial charge < -0.3 is 9.73 Å². The lowest BCUT2D eigenvalue weighted by atomic mass is 10.1. The molecule has 3 aromatic rings. The summed E-state index contributed by atoms with van der Waals surface area (Å²) in [5.74, 6) is 1.34. The number of furan rings is 1. The average Bonchev–Trinajstić information content (AvgIpc) is 3.24. The Hall–Kier alpha value is -3.08. The monoisotopic (exact) mass is 321 g/mol. The van der Waals surface area contributed by atoms with Gasteiger partial charge in [0.1, 0.15) is 11.5 Å². The number of carbonyl (C=O) groups is 1. The Bertz CT molecular complexity index is 832. The molecule has 0 unspecified atom stereocenters. The van der Waals surface area contributed by atoms with E-state index in [0.29, 0.717) is 18.8 Å². The zero-order valence-corrected chi connectivity index (χ0v) is 13.5. The molecule has 0 radical (unpaired) electrons. The van der Waals surface area contributed by atoms with Gasteiger partial charge in [0, 0.05) is 25.0 Å². The van der Waals surface area contributed by atoms with E-state index in [1.54, 1.807) is 12.3 Å². The van der Waals surface area contributed by atoms with E-state index in [4.69, 9.17) is 4.42 Å². The number of hydrogen-bond donors (Lipinski definition) is 1. The number of amides is 1. The number of hydrogen-bond acceptors (Lipinski definition) is 3. The van der Waals surface area contributed by atoms with Crippen molar-refractivity contribution in [2.24, 2.45) is 0 Å². The fraction of sp³-hybridized carbons (Fsp3) is 0.158. The highest BCUT2D eigenvalue weighted by atomic mass is 16.3. The van der Waals surface area contributed by atoms with Gasteiger partial charge in [-0.15, -0.1) is 0 Å². The van der Waals surface area contributed by atoms with Crippen molar-refractivity contribution in [2.45, 2.75) is 20.0 Å².